The quantitative estimate of drug-likeness (QED) is 0.416. The standard InChI is InChI=1S/C29H37N5O2/c1-20(2)33(21(3)4)16-17-34(28(35)25-11-12-26-24(19-25)14-18-36-26)27-13-15-30-29(32-27)31-22(5)23-9-7-6-8-10-23/h6-13,15,19-22H,14,16-18H2,1-5H3,(H,30,31,32)/t22-/m0/s1. The molecule has 3 aromatic rings. The van der Waals surface area contributed by atoms with Crippen LogP contribution in [-0.2, 0) is 6.42 Å². The van der Waals surface area contributed by atoms with E-state index in [0.717, 1.165) is 29.8 Å². The summed E-state index contributed by atoms with van der Waals surface area (Å²) < 4.78 is 5.64. The van der Waals surface area contributed by atoms with E-state index < -0.39 is 0 Å². The summed E-state index contributed by atoms with van der Waals surface area (Å²) in [6.07, 6.45) is 2.53. The van der Waals surface area contributed by atoms with Crippen molar-refractivity contribution in [3.05, 3.63) is 77.5 Å². The van der Waals surface area contributed by atoms with Crippen LogP contribution in [0.2, 0.25) is 0 Å². The van der Waals surface area contributed by atoms with E-state index in [1.54, 1.807) is 11.1 Å². The van der Waals surface area contributed by atoms with Crippen molar-refractivity contribution in [2.45, 2.75) is 59.2 Å². The number of nitrogens with zero attached hydrogens (tertiary/aromatic N) is 4. The Kier molecular flexibility index (Phi) is 8.21. The second kappa shape index (κ2) is 11.5. The topological polar surface area (TPSA) is 70.6 Å². The second-order valence-corrected chi connectivity index (χ2v) is 9.82. The lowest BCUT2D eigenvalue weighted by molar-refractivity contribution is 0.0976. The third-order valence-electron chi connectivity index (χ3n) is 6.65. The fourth-order valence-electron chi connectivity index (χ4n) is 4.71. The Morgan fingerprint density at radius 1 is 1.00 bits per heavy atom. The number of hydrogen-bond donors (Lipinski definition) is 1. The molecule has 7 nitrogen and oxygen atoms in total. The van der Waals surface area contributed by atoms with E-state index in [1.807, 2.05) is 42.5 Å². The van der Waals surface area contributed by atoms with Gasteiger partial charge in [0.25, 0.3) is 5.91 Å². The average Bonchev–Trinajstić information content (AvgIpc) is 3.34. The highest BCUT2D eigenvalue weighted by molar-refractivity contribution is 6.05. The minimum atomic E-state index is -0.0714. The van der Waals surface area contributed by atoms with Crippen LogP contribution in [-0.4, -0.2) is 52.6 Å². The SMILES string of the molecule is CC(C)N(CCN(C(=O)c1ccc2c(c1)CCO2)c1ccnc(N[C@@H](C)c2ccccc2)n1)C(C)C. The van der Waals surface area contributed by atoms with Crippen molar-refractivity contribution in [3.8, 4) is 5.75 Å². The normalized spacial score (nSPS) is 13.6. The van der Waals surface area contributed by atoms with Gasteiger partial charge in [0.05, 0.1) is 12.6 Å². The van der Waals surface area contributed by atoms with Crippen LogP contribution < -0.4 is 15.0 Å². The Morgan fingerprint density at radius 3 is 2.47 bits per heavy atom. The molecule has 2 aromatic carbocycles. The summed E-state index contributed by atoms with van der Waals surface area (Å²) in [4.78, 5) is 27.2. The molecular formula is C29H37N5O2. The van der Waals surface area contributed by atoms with Gasteiger partial charge in [0, 0.05) is 43.4 Å². The van der Waals surface area contributed by atoms with Gasteiger partial charge in [-0.25, -0.2) is 4.98 Å². The molecule has 7 heteroatoms. The molecule has 1 N–H and O–H groups in total. The van der Waals surface area contributed by atoms with Crippen LogP contribution in [0.3, 0.4) is 0 Å². The number of carbonyl (C=O) groups is 1. The smallest absolute Gasteiger partial charge is 0.259 e. The lowest BCUT2D eigenvalue weighted by atomic mass is 10.1. The molecule has 0 aliphatic carbocycles. The predicted octanol–water partition coefficient (Wildman–Crippen LogP) is 5.35. The molecule has 0 radical (unpaired) electrons. The number of rotatable bonds is 10. The van der Waals surface area contributed by atoms with Gasteiger partial charge in [-0.2, -0.15) is 4.98 Å². The van der Waals surface area contributed by atoms with Gasteiger partial charge in [-0.15, -0.1) is 0 Å². The predicted molar refractivity (Wildman–Crippen MR) is 145 cm³/mol. The molecule has 0 spiro atoms. The van der Waals surface area contributed by atoms with Crippen LogP contribution in [0.25, 0.3) is 0 Å². The van der Waals surface area contributed by atoms with E-state index in [1.165, 1.54) is 0 Å². The summed E-state index contributed by atoms with van der Waals surface area (Å²) >= 11 is 0. The Hall–Kier alpha value is -3.45. The molecule has 0 saturated carbocycles. The highest BCUT2D eigenvalue weighted by Crippen LogP contribution is 2.27. The zero-order chi connectivity index (χ0) is 25.7. The highest BCUT2D eigenvalue weighted by Gasteiger charge is 2.24. The lowest BCUT2D eigenvalue weighted by Crippen LogP contribution is -2.44. The molecule has 36 heavy (non-hydrogen) atoms. The molecule has 1 amide bonds. The fraction of sp³-hybridized carbons (Fsp3) is 0.414. The van der Waals surface area contributed by atoms with Crippen LogP contribution in [0.4, 0.5) is 11.8 Å². The molecule has 190 valence electrons. The van der Waals surface area contributed by atoms with Crippen molar-refractivity contribution in [3.63, 3.8) is 0 Å². The lowest BCUT2D eigenvalue weighted by Gasteiger charge is -2.33. The van der Waals surface area contributed by atoms with Crippen molar-refractivity contribution in [1.29, 1.82) is 0 Å². The van der Waals surface area contributed by atoms with Gasteiger partial charge >= 0.3 is 0 Å². The number of fused-ring (bicyclic) bond motifs is 1. The van der Waals surface area contributed by atoms with E-state index in [9.17, 15) is 4.79 Å². The molecule has 0 fully saturated rings. The summed E-state index contributed by atoms with van der Waals surface area (Å²) in [5, 5.41) is 3.38. The van der Waals surface area contributed by atoms with Gasteiger partial charge in [-0.3, -0.25) is 14.6 Å². The van der Waals surface area contributed by atoms with Gasteiger partial charge in [0.1, 0.15) is 11.6 Å². The van der Waals surface area contributed by atoms with Crippen molar-refractivity contribution in [2.75, 3.05) is 29.9 Å². The number of carbonyl (C=O) groups excluding carboxylic acids is 1. The van der Waals surface area contributed by atoms with E-state index in [-0.39, 0.29) is 11.9 Å². The third-order valence-corrected chi connectivity index (χ3v) is 6.65. The zero-order valence-corrected chi connectivity index (χ0v) is 21.9. The maximum atomic E-state index is 13.8. The summed E-state index contributed by atoms with van der Waals surface area (Å²) in [5.74, 6) is 1.88. The first-order valence-electron chi connectivity index (χ1n) is 12.8. The number of anilines is 2. The van der Waals surface area contributed by atoms with Crippen molar-refractivity contribution >= 4 is 17.7 Å². The number of aromatic nitrogens is 2. The molecule has 1 aliphatic heterocycles. The molecule has 0 bridgehead atoms. The van der Waals surface area contributed by atoms with E-state index >= 15 is 0 Å². The minimum absolute atomic E-state index is 0.0275. The van der Waals surface area contributed by atoms with Crippen LogP contribution in [0.15, 0.2) is 60.8 Å². The van der Waals surface area contributed by atoms with Gasteiger partial charge in [0.15, 0.2) is 0 Å². The van der Waals surface area contributed by atoms with E-state index in [2.05, 4.69) is 62.0 Å². The summed E-state index contributed by atoms with van der Waals surface area (Å²) in [5.41, 5.74) is 2.86. The summed E-state index contributed by atoms with van der Waals surface area (Å²) in [7, 11) is 0. The zero-order valence-electron chi connectivity index (χ0n) is 21.9. The summed E-state index contributed by atoms with van der Waals surface area (Å²) in [6.45, 7) is 12.7. The average molecular weight is 488 g/mol. The fourth-order valence-corrected chi connectivity index (χ4v) is 4.71. The molecular weight excluding hydrogens is 450 g/mol. The number of amides is 1. The molecule has 2 heterocycles. The van der Waals surface area contributed by atoms with Crippen LogP contribution in [0.5, 0.6) is 5.75 Å². The van der Waals surface area contributed by atoms with Gasteiger partial charge in [-0.05, 0) is 70.0 Å². The monoisotopic (exact) mass is 487 g/mol. The van der Waals surface area contributed by atoms with Crippen molar-refractivity contribution in [1.82, 2.24) is 14.9 Å². The third kappa shape index (κ3) is 6.02. The van der Waals surface area contributed by atoms with Crippen LogP contribution >= 0.6 is 0 Å². The first kappa shape index (κ1) is 25.6. The number of benzene rings is 2. The van der Waals surface area contributed by atoms with Gasteiger partial charge in [-0.1, -0.05) is 30.3 Å². The second-order valence-electron chi connectivity index (χ2n) is 9.82. The van der Waals surface area contributed by atoms with Crippen molar-refractivity contribution in [2.24, 2.45) is 0 Å². The maximum absolute atomic E-state index is 13.8. The van der Waals surface area contributed by atoms with Crippen LogP contribution in [0, 0.1) is 0 Å². The van der Waals surface area contributed by atoms with Gasteiger partial charge < -0.3 is 10.1 Å². The van der Waals surface area contributed by atoms with E-state index in [4.69, 9.17) is 9.72 Å². The Balaban J connectivity index is 1.61. The summed E-state index contributed by atoms with van der Waals surface area (Å²) in [6, 6.07) is 18.4. The molecule has 1 aromatic heterocycles. The van der Waals surface area contributed by atoms with E-state index in [0.29, 0.717) is 42.6 Å². The Bertz CT molecular complexity index is 1160. The Morgan fingerprint density at radius 2 is 1.75 bits per heavy atom. The van der Waals surface area contributed by atoms with Gasteiger partial charge in [0.2, 0.25) is 5.95 Å². The number of nitrogens with one attached hydrogen (secondary N) is 1. The van der Waals surface area contributed by atoms with Crippen LogP contribution in [0.1, 0.15) is 62.1 Å². The molecule has 0 saturated heterocycles. The molecule has 1 atom stereocenters. The largest absolute Gasteiger partial charge is 0.493 e. The van der Waals surface area contributed by atoms with Crippen molar-refractivity contribution < 1.29 is 9.53 Å². The number of hydrogen-bond acceptors (Lipinski definition) is 6. The molecule has 4 rings (SSSR count). The first-order valence-corrected chi connectivity index (χ1v) is 12.8. The minimum Gasteiger partial charge on any atom is -0.493 e. The molecule has 1 aliphatic rings. The Labute approximate surface area is 214 Å². The maximum Gasteiger partial charge on any atom is 0.259 e. The first-order chi connectivity index (χ1) is 17.3. The molecule has 0 unspecified atom stereocenters. The number of ether oxygens (including phenoxy) is 1. The highest BCUT2D eigenvalue weighted by atomic mass is 16.5.